The molecule has 0 spiro atoms. The van der Waals surface area contributed by atoms with E-state index < -0.39 is 29.5 Å². The normalized spacial score (nSPS) is 16.1. The van der Waals surface area contributed by atoms with E-state index in [0.29, 0.717) is 43.9 Å². The van der Waals surface area contributed by atoms with Crippen LogP contribution in [0.1, 0.15) is 35.7 Å². The number of hydrogen-bond donors (Lipinski definition) is 0. The van der Waals surface area contributed by atoms with Gasteiger partial charge in [0.15, 0.2) is 0 Å². The minimum absolute atomic E-state index is 0.113. The van der Waals surface area contributed by atoms with E-state index in [0.717, 1.165) is 30.0 Å². The van der Waals surface area contributed by atoms with Crippen molar-refractivity contribution in [2.24, 2.45) is 5.92 Å². The molecule has 3 rings (SSSR count). The number of halogens is 6. The third kappa shape index (κ3) is 5.97. The molecular weight excluding hydrogens is 448 g/mol. The van der Waals surface area contributed by atoms with Crippen LogP contribution in [0.5, 0.6) is 0 Å². The summed E-state index contributed by atoms with van der Waals surface area (Å²) in [5.74, 6) is -0.525. The van der Waals surface area contributed by atoms with Crippen LogP contribution in [0.2, 0.25) is 0 Å². The molecule has 0 bridgehead atoms. The first-order chi connectivity index (χ1) is 15.4. The van der Waals surface area contributed by atoms with Crippen LogP contribution >= 0.6 is 0 Å². The second kappa shape index (κ2) is 9.61. The van der Waals surface area contributed by atoms with E-state index >= 15 is 0 Å². The topological polar surface area (TPSA) is 36.4 Å². The van der Waals surface area contributed by atoms with Crippen molar-refractivity contribution >= 4 is 11.6 Å². The van der Waals surface area contributed by atoms with Gasteiger partial charge >= 0.3 is 12.4 Å². The van der Waals surface area contributed by atoms with E-state index in [1.165, 1.54) is 12.1 Å². The van der Waals surface area contributed by atoms with E-state index in [1.54, 1.807) is 11.8 Å². The molecule has 2 heterocycles. The van der Waals surface area contributed by atoms with Gasteiger partial charge in [-0.1, -0.05) is 19.1 Å². The highest BCUT2D eigenvalue weighted by atomic mass is 19.4. The minimum atomic E-state index is -4.52. The number of rotatable bonds is 5. The van der Waals surface area contributed by atoms with Crippen LogP contribution < -0.4 is 4.90 Å². The number of piperazine rings is 1. The smallest absolute Gasteiger partial charge is 0.368 e. The number of pyridine rings is 1. The molecule has 2 aromatic rings. The molecule has 1 saturated heterocycles. The number of aryl methyl sites for hydroxylation is 1. The van der Waals surface area contributed by atoms with Gasteiger partial charge < -0.3 is 9.80 Å². The van der Waals surface area contributed by atoms with Crippen LogP contribution in [0.25, 0.3) is 0 Å². The Morgan fingerprint density at radius 3 is 2.18 bits per heavy atom. The number of carbonyl (C=O) groups excluding carboxylic acids is 1. The van der Waals surface area contributed by atoms with Gasteiger partial charge in [-0.05, 0) is 49.1 Å². The zero-order valence-electron chi connectivity index (χ0n) is 18.3. The zero-order valence-corrected chi connectivity index (χ0v) is 18.3. The van der Waals surface area contributed by atoms with Gasteiger partial charge in [0.05, 0.1) is 5.56 Å². The monoisotopic (exact) mass is 473 g/mol. The van der Waals surface area contributed by atoms with Crippen molar-refractivity contribution in [1.29, 1.82) is 0 Å². The first kappa shape index (κ1) is 24.9. The molecule has 33 heavy (non-hydrogen) atoms. The van der Waals surface area contributed by atoms with E-state index in [9.17, 15) is 31.1 Å². The molecule has 1 aliphatic rings. The molecule has 0 radical (unpaired) electrons. The molecule has 180 valence electrons. The average molecular weight is 473 g/mol. The molecule has 1 fully saturated rings. The van der Waals surface area contributed by atoms with Crippen LogP contribution in [0.3, 0.4) is 0 Å². The first-order valence-electron chi connectivity index (χ1n) is 10.6. The maximum Gasteiger partial charge on any atom is 0.433 e. The lowest BCUT2D eigenvalue weighted by molar-refractivity contribution is -0.141. The van der Waals surface area contributed by atoms with Gasteiger partial charge in [0.25, 0.3) is 0 Å². The Hall–Kier alpha value is -2.78. The van der Waals surface area contributed by atoms with Crippen LogP contribution in [0, 0.1) is 12.8 Å². The van der Waals surface area contributed by atoms with E-state index in [1.807, 2.05) is 11.8 Å². The van der Waals surface area contributed by atoms with Crippen LogP contribution in [0.4, 0.5) is 32.0 Å². The summed E-state index contributed by atoms with van der Waals surface area (Å²) in [7, 11) is 0. The summed E-state index contributed by atoms with van der Waals surface area (Å²) >= 11 is 0. The third-order valence-electron chi connectivity index (χ3n) is 5.91. The standard InChI is InChI=1S/C23H25F6N3O/c1-3-17(12-16-5-7-20(30-14-16)23(27,28)29)21(33)32-10-8-31(9-11-32)19-13-18(22(24,25)26)6-4-15(19)2/h4-7,13-14,17H,3,8-12H2,1-2H3. The molecule has 1 atom stereocenters. The maximum atomic E-state index is 13.1. The van der Waals surface area contributed by atoms with Crippen LogP contribution in [0.15, 0.2) is 36.5 Å². The fourth-order valence-electron chi connectivity index (χ4n) is 3.96. The first-order valence-corrected chi connectivity index (χ1v) is 10.6. The molecule has 1 aliphatic heterocycles. The Balaban J connectivity index is 1.63. The molecule has 0 saturated carbocycles. The van der Waals surface area contributed by atoms with Gasteiger partial charge in [0, 0.05) is 44.0 Å². The Morgan fingerprint density at radius 1 is 1.00 bits per heavy atom. The molecule has 1 amide bonds. The second-order valence-electron chi connectivity index (χ2n) is 8.17. The third-order valence-corrected chi connectivity index (χ3v) is 5.91. The van der Waals surface area contributed by atoms with Gasteiger partial charge in [-0.15, -0.1) is 0 Å². The number of carbonyl (C=O) groups is 1. The Bertz CT molecular complexity index is 964. The van der Waals surface area contributed by atoms with Crippen molar-refractivity contribution in [2.75, 3.05) is 31.1 Å². The van der Waals surface area contributed by atoms with Gasteiger partial charge in [-0.2, -0.15) is 26.3 Å². The molecule has 0 aliphatic carbocycles. The molecule has 10 heteroatoms. The van der Waals surface area contributed by atoms with Gasteiger partial charge in [0.2, 0.25) is 5.91 Å². The molecule has 0 N–H and O–H groups in total. The zero-order chi connectivity index (χ0) is 24.4. The van der Waals surface area contributed by atoms with Gasteiger partial charge in [-0.25, -0.2) is 0 Å². The highest BCUT2D eigenvalue weighted by Crippen LogP contribution is 2.34. The number of hydrogen-bond acceptors (Lipinski definition) is 3. The lowest BCUT2D eigenvalue weighted by Crippen LogP contribution is -2.50. The largest absolute Gasteiger partial charge is 0.433 e. The Labute approximate surface area is 188 Å². The fourth-order valence-corrected chi connectivity index (χ4v) is 3.96. The van der Waals surface area contributed by atoms with Crippen LogP contribution in [-0.2, 0) is 23.6 Å². The van der Waals surface area contributed by atoms with Crippen molar-refractivity contribution in [1.82, 2.24) is 9.88 Å². The number of benzene rings is 1. The Kier molecular flexibility index (Phi) is 7.23. The SMILES string of the molecule is CCC(Cc1ccc(C(F)(F)F)nc1)C(=O)N1CCN(c2cc(C(F)(F)F)ccc2C)CC1. The molecule has 1 aromatic heterocycles. The quantitative estimate of drug-likeness (QED) is 0.550. The number of anilines is 1. The highest BCUT2D eigenvalue weighted by molar-refractivity contribution is 5.79. The summed E-state index contributed by atoms with van der Waals surface area (Å²) in [5.41, 5.74) is 0.0784. The van der Waals surface area contributed by atoms with Crippen molar-refractivity contribution in [3.8, 4) is 0 Å². The summed E-state index contributed by atoms with van der Waals surface area (Å²) in [4.78, 5) is 20.0. The summed E-state index contributed by atoms with van der Waals surface area (Å²) in [6.45, 7) is 5.09. The Morgan fingerprint density at radius 2 is 1.67 bits per heavy atom. The summed E-state index contributed by atoms with van der Waals surface area (Å²) in [6.07, 6.45) is -7.02. The number of alkyl halides is 6. The second-order valence-corrected chi connectivity index (χ2v) is 8.17. The number of amides is 1. The number of aromatic nitrogens is 1. The van der Waals surface area contributed by atoms with Crippen molar-refractivity contribution < 1.29 is 31.1 Å². The molecule has 1 aromatic carbocycles. The van der Waals surface area contributed by atoms with Gasteiger partial charge in [-0.3, -0.25) is 9.78 Å². The molecule has 1 unspecified atom stereocenters. The van der Waals surface area contributed by atoms with E-state index in [-0.39, 0.29) is 12.3 Å². The predicted octanol–water partition coefficient (Wildman–Crippen LogP) is 5.35. The number of nitrogens with zero attached hydrogens (tertiary/aromatic N) is 3. The molecular formula is C23H25F6N3O. The summed E-state index contributed by atoms with van der Waals surface area (Å²) in [6, 6.07) is 5.88. The minimum Gasteiger partial charge on any atom is -0.368 e. The lowest BCUT2D eigenvalue weighted by Gasteiger charge is -2.38. The van der Waals surface area contributed by atoms with E-state index in [4.69, 9.17) is 0 Å². The predicted molar refractivity (Wildman–Crippen MR) is 112 cm³/mol. The van der Waals surface area contributed by atoms with E-state index in [2.05, 4.69) is 4.98 Å². The van der Waals surface area contributed by atoms with Crippen molar-refractivity contribution in [3.05, 3.63) is 58.9 Å². The summed E-state index contributed by atoms with van der Waals surface area (Å²) < 4.78 is 77.4. The fraction of sp³-hybridized carbons (Fsp3) is 0.478. The van der Waals surface area contributed by atoms with Crippen molar-refractivity contribution in [3.63, 3.8) is 0 Å². The molecule has 4 nitrogen and oxygen atoms in total. The van der Waals surface area contributed by atoms with Crippen LogP contribution in [-0.4, -0.2) is 42.0 Å². The van der Waals surface area contributed by atoms with Crippen molar-refractivity contribution in [2.45, 2.75) is 39.0 Å². The summed E-state index contributed by atoms with van der Waals surface area (Å²) in [5, 5.41) is 0. The highest BCUT2D eigenvalue weighted by Gasteiger charge is 2.33. The average Bonchev–Trinajstić information content (AvgIpc) is 2.76. The lowest BCUT2D eigenvalue weighted by atomic mass is 9.95. The van der Waals surface area contributed by atoms with Gasteiger partial charge in [0.1, 0.15) is 5.69 Å². The maximum absolute atomic E-state index is 13.1.